The molecule has 1 aromatic heterocycles. The number of aromatic nitrogens is 2. The molecule has 0 aliphatic heterocycles. The van der Waals surface area contributed by atoms with Crippen LogP contribution in [0, 0.1) is 13.8 Å². The van der Waals surface area contributed by atoms with Crippen molar-refractivity contribution in [1.29, 1.82) is 0 Å². The van der Waals surface area contributed by atoms with Crippen LogP contribution in [0.2, 0.25) is 0 Å². The largest absolute Gasteiger partial charge is 0.484 e. The van der Waals surface area contributed by atoms with Crippen molar-refractivity contribution in [3.63, 3.8) is 0 Å². The van der Waals surface area contributed by atoms with Crippen LogP contribution in [-0.2, 0) is 6.42 Å². The number of rotatable bonds is 6. The molecular weight excluding hydrogens is 288 g/mol. The topological polar surface area (TPSA) is 44.1 Å². The van der Waals surface area contributed by atoms with E-state index in [1.807, 2.05) is 44.2 Å². The highest BCUT2D eigenvalue weighted by molar-refractivity contribution is 5.80. The Morgan fingerprint density at radius 2 is 1.96 bits per heavy atom. The summed E-state index contributed by atoms with van der Waals surface area (Å²) in [6.45, 7) is 11.8. The molecule has 0 spiro atoms. The molecule has 2 aromatic rings. The Morgan fingerprint density at radius 3 is 2.52 bits per heavy atom. The Bertz CT molecular complexity index is 697. The molecule has 2 rings (SSSR count). The second kappa shape index (κ2) is 7.27. The van der Waals surface area contributed by atoms with Gasteiger partial charge in [0, 0.05) is 11.3 Å². The number of hydrogen-bond donors (Lipinski definition) is 0. The molecule has 0 fully saturated rings. The molecular formula is C19H24N2O2. The van der Waals surface area contributed by atoms with E-state index in [1.54, 1.807) is 0 Å². The molecule has 0 saturated heterocycles. The Morgan fingerprint density at radius 1 is 1.30 bits per heavy atom. The number of carbonyl (C=O) groups is 1. The fraction of sp³-hybridized carbons (Fsp3) is 0.368. The van der Waals surface area contributed by atoms with Crippen LogP contribution >= 0.6 is 0 Å². The van der Waals surface area contributed by atoms with Crippen LogP contribution in [0.1, 0.15) is 47.1 Å². The molecule has 0 N–H and O–H groups in total. The number of aryl methyl sites for hydroxylation is 1. The Balaban J connectivity index is 2.05. The van der Waals surface area contributed by atoms with Gasteiger partial charge in [0.15, 0.2) is 6.61 Å². The Kier molecular flexibility index (Phi) is 5.37. The first-order chi connectivity index (χ1) is 10.9. The zero-order valence-corrected chi connectivity index (χ0v) is 14.3. The summed E-state index contributed by atoms with van der Waals surface area (Å²) in [5.41, 5.74) is 4.01. The Hall–Kier alpha value is -2.36. The maximum absolute atomic E-state index is 12.3. The van der Waals surface area contributed by atoms with Crippen molar-refractivity contribution in [2.24, 2.45) is 0 Å². The van der Waals surface area contributed by atoms with Gasteiger partial charge in [-0.15, -0.1) is 6.58 Å². The molecule has 1 aromatic carbocycles. The maximum Gasteiger partial charge on any atom is 0.284 e. The van der Waals surface area contributed by atoms with Gasteiger partial charge in [-0.05, 0) is 43.9 Å². The molecule has 0 bridgehead atoms. The summed E-state index contributed by atoms with van der Waals surface area (Å²) in [7, 11) is 0. The minimum Gasteiger partial charge on any atom is -0.484 e. The van der Waals surface area contributed by atoms with Gasteiger partial charge < -0.3 is 4.74 Å². The predicted octanol–water partition coefficient (Wildman–Crippen LogP) is 4.07. The smallest absolute Gasteiger partial charge is 0.284 e. The SMILES string of the molecule is C=CCc1c(C)nn(C(=O)COc2ccc(C(C)C)cc2)c1C. The number of allylic oxidation sites excluding steroid dienone is 1. The summed E-state index contributed by atoms with van der Waals surface area (Å²) in [6, 6.07) is 7.84. The van der Waals surface area contributed by atoms with Gasteiger partial charge >= 0.3 is 0 Å². The average Bonchev–Trinajstić information content (AvgIpc) is 2.81. The number of hydrogen-bond acceptors (Lipinski definition) is 3. The fourth-order valence-electron chi connectivity index (χ4n) is 2.51. The number of nitrogens with zero attached hydrogens (tertiary/aromatic N) is 2. The first kappa shape index (κ1) is 17.0. The van der Waals surface area contributed by atoms with E-state index in [2.05, 4.69) is 25.5 Å². The quantitative estimate of drug-likeness (QED) is 0.755. The third-order valence-corrected chi connectivity index (χ3v) is 3.93. The van der Waals surface area contributed by atoms with E-state index >= 15 is 0 Å². The van der Waals surface area contributed by atoms with Crippen LogP contribution in [0.15, 0.2) is 36.9 Å². The standard InChI is InChI=1S/C19H24N2O2/c1-6-7-18-14(4)20-21(15(18)5)19(22)12-23-17-10-8-16(9-11-17)13(2)3/h6,8-11,13H,1,7,12H2,2-5H3. The molecule has 122 valence electrons. The van der Waals surface area contributed by atoms with Crippen molar-refractivity contribution < 1.29 is 9.53 Å². The van der Waals surface area contributed by atoms with E-state index in [9.17, 15) is 4.79 Å². The predicted molar refractivity (Wildman–Crippen MR) is 92.3 cm³/mol. The molecule has 23 heavy (non-hydrogen) atoms. The van der Waals surface area contributed by atoms with Crippen molar-refractivity contribution in [2.75, 3.05) is 6.61 Å². The second-order valence-electron chi connectivity index (χ2n) is 5.96. The van der Waals surface area contributed by atoms with E-state index in [0.717, 1.165) is 17.0 Å². The maximum atomic E-state index is 12.3. The van der Waals surface area contributed by atoms with Crippen LogP contribution in [0.25, 0.3) is 0 Å². The van der Waals surface area contributed by atoms with Crippen molar-refractivity contribution in [3.8, 4) is 5.75 Å². The summed E-state index contributed by atoms with van der Waals surface area (Å²) in [5.74, 6) is 0.994. The third-order valence-electron chi connectivity index (χ3n) is 3.93. The molecule has 0 unspecified atom stereocenters. The third kappa shape index (κ3) is 3.89. The second-order valence-corrected chi connectivity index (χ2v) is 5.96. The molecule has 0 atom stereocenters. The number of carbonyl (C=O) groups excluding carboxylic acids is 1. The highest BCUT2D eigenvalue weighted by Crippen LogP contribution is 2.19. The lowest BCUT2D eigenvalue weighted by atomic mass is 10.0. The molecule has 0 aliphatic rings. The number of benzene rings is 1. The van der Waals surface area contributed by atoms with Crippen LogP contribution < -0.4 is 4.74 Å². The average molecular weight is 312 g/mol. The van der Waals surface area contributed by atoms with Gasteiger partial charge in [0.1, 0.15) is 5.75 Å². The summed E-state index contributed by atoms with van der Waals surface area (Å²) in [6.07, 6.45) is 2.53. The first-order valence-corrected chi connectivity index (χ1v) is 7.86. The van der Waals surface area contributed by atoms with Gasteiger partial charge in [0.05, 0.1) is 5.69 Å². The van der Waals surface area contributed by atoms with Crippen molar-refractivity contribution in [1.82, 2.24) is 9.78 Å². The normalized spacial score (nSPS) is 10.8. The van der Waals surface area contributed by atoms with Crippen molar-refractivity contribution in [2.45, 2.75) is 40.0 Å². The van der Waals surface area contributed by atoms with E-state index in [-0.39, 0.29) is 12.5 Å². The van der Waals surface area contributed by atoms with Gasteiger partial charge in [-0.3, -0.25) is 4.79 Å². The fourth-order valence-corrected chi connectivity index (χ4v) is 2.51. The van der Waals surface area contributed by atoms with Crippen LogP contribution in [0.4, 0.5) is 0 Å². The summed E-state index contributed by atoms with van der Waals surface area (Å²) in [5, 5.41) is 4.32. The zero-order valence-electron chi connectivity index (χ0n) is 14.3. The van der Waals surface area contributed by atoms with Crippen LogP contribution in [-0.4, -0.2) is 22.3 Å². The minimum atomic E-state index is -0.172. The molecule has 4 heteroatoms. The lowest BCUT2D eigenvalue weighted by molar-refractivity contribution is 0.0818. The lowest BCUT2D eigenvalue weighted by Gasteiger charge is -2.09. The van der Waals surface area contributed by atoms with E-state index in [1.165, 1.54) is 10.2 Å². The molecule has 4 nitrogen and oxygen atoms in total. The van der Waals surface area contributed by atoms with Crippen LogP contribution in [0.3, 0.4) is 0 Å². The minimum absolute atomic E-state index is 0.0312. The lowest BCUT2D eigenvalue weighted by Crippen LogP contribution is -2.21. The zero-order chi connectivity index (χ0) is 17.0. The highest BCUT2D eigenvalue weighted by Gasteiger charge is 2.16. The van der Waals surface area contributed by atoms with Gasteiger partial charge in [0.2, 0.25) is 0 Å². The van der Waals surface area contributed by atoms with Gasteiger partial charge in [0.25, 0.3) is 5.91 Å². The molecule has 0 radical (unpaired) electrons. The molecule has 0 aliphatic carbocycles. The molecule has 0 saturated carbocycles. The van der Waals surface area contributed by atoms with Crippen LogP contribution in [0.5, 0.6) is 5.75 Å². The summed E-state index contributed by atoms with van der Waals surface area (Å²) >= 11 is 0. The Labute approximate surface area is 137 Å². The van der Waals surface area contributed by atoms with Crippen molar-refractivity contribution >= 4 is 5.91 Å². The van der Waals surface area contributed by atoms with E-state index < -0.39 is 0 Å². The molecule has 1 heterocycles. The summed E-state index contributed by atoms with van der Waals surface area (Å²) in [4.78, 5) is 12.3. The first-order valence-electron chi connectivity index (χ1n) is 7.86. The number of ether oxygens (including phenoxy) is 1. The van der Waals surface area contributed by atoms with Gasteiger partial charge in [-0.25, -0.2) is 4.68 Å². The monoisotopic (exact) mass is 312 g/mol. The van der Waals surface area contributed by atoms with E-state index in [4.69, 9.17) is 4.74 Å². The summed E-state index contributed by atoms with van der Waals surface area (Å²) < 4.78 is 7.02. The molecule has 0 amide bonds. The highest BCUT2D eigenvalue weighted by atomic mass is 16.5. The van der Waals surface area contributed by atoms with Gasteiger partial charge in [-0.1, -0.05) is 32.1 Å². The van der Waals surface area contributed by atoms with Crippen molar-refractivity contribution in [3.05, 3.63) is 59.4 Å². The van der Waals surface area contributed by atoms with E-state index in [0.29, 0.717) is 18.1 Å². The van der Waals surface area contributed by atoms with Gasteiger partial charge in [-0.2, -0.15) is 5.10 Å².